The molecule has 6 heteroatoms. The second-order valence-corrected chi connectivity index (χ2v) is 9.80. The van der Waals surface area contributed by atoms with E-state index in [2.05, 4.69) is 31.2 Å². The summed E-state index contributed by atoms with van der Waals surface area (Å²) in [5.74, 6) is -0.0570. The molecule has 2 amide bonds. The topological polar surface area (TPSA) is 62.6 Å². The number of benzene rings is 1. The van der Waals surface area contributed by atoms with Crippen molar-refractivity contribution in [3.8, 4) is 0 Å². The predicted molar refractivity (Wildman–Crippen MR) is 134 cm³/mol. The molecule has 2 aromatic rings. The van der Waals surface area contributed by atoms with Gasteiger partial charge in [0.15, 0.2) is 0 Å². The lowest BCUT2D eigenvalue weighted by Crippen LogP contribution is -2.42. The van der Waals surface area contributed by atoms with Crippen LogP contribution in [0.4, 0.5) is 0 Å². The number of likely N-dealkylation sites (tertiary alicyclic amines) is 2. The van der Waals surface area contributed by atoms with Crippen LogP contribution in [0, 0.1) is 0 Å². The summed E-state index contributed by atoms with van der Waals surface area (Å²) in [6.45, 7) is 6.69. The van der Waals surface area contributed by atoms with Crippen LogP contribution in [-0.2, 0) is 0 Å². The van der Waals surface area contributed by atoms with E-state index in [1.807, 2.05) is 17.6 Å². The Balaban J connectivity index is 1.59. The molecule has 1 atom stereocenters. The highest BCUT2D eigenvalue weighted by Crippen LogP contribution is 2.28. The lowest BCUT2D eigenvalue weighted by molar-refractivity contribution is 0.0710. The van der Waals surface area contributed by atoms with Crippen molar-refractivity contribution in [1.29, 1.82) is 0 Å². The summed E-state index contributed by atoms with van der Waals surface area (Å²) in [5.41, 5.74) is 1.13. The highest BCUT2D eigenvalue weighted by molar-refractivity contribution is 5.99. The molecule has 0 spiro atoms. The van der Waals surface area contributed by atoms with Gasteiger partial charge in [0.2, 0.25) is 5.43 Å². The van der Waals surface area contributed by atoms with E-state index in [4.69, 9.17) is 0 Å². The fraction of sp³-hybridized carbons (Fsp3) is 0.536. The van der Waals surface area contributed by atoms with Gasteiger partial charge >= 0.3 is 0 Å². The van der Waals surface area contributed by atoms with Crippen LogP contribution in [0.5, 0.6) is 0 Å². The summed E-state index contributed by atoms with van der Waals surface area (Å²) in [7, 11) is 0. The first-order valence-corrected chi connectivity index (χ1v) is 12.9. The number of hydrogen-bond donors (Lipinski definition) is 0. The van der Waals surface area contributed by atoms with Crippen LogP contribution in [0.15, 0.2) is 47.5 Å². The summed E-state index contributed by atoms with van der Waals surface area (Å²) >= 11 is 0. The Labute approximate surface area is 202 Å². The van der Waals surface area contributed by atoms with E-state index in [-0.39, 0.29) is 29.0 Å². The number of pyridine rings is 1. The molecule has 0 bridgehead atoms. The maximum Gasteiger partial charge on any atom is 0.259 e. The van der Waals surface area contributed by atoms with Crippen LogP contribution >= 0.6 is 0 Å². The molecule has 0 aliphatic carbocycles. The van der Waals surface area contributed by atoms with E-state index in [1.165, 1.54) is 5.56 Å². The molecular weight excluding hydrogens is 426 g/mol. The van der Waals surface area contributed by atoms with Gasteiger partial charge in [-0.1, -0.05) is 50.1 Å². The molecule has 182 valence electrons. The smallest absolute Gasteiger partial charge is 0.259 e. The molecule has 2 saturated heterocycles. The van der Waals surface area contributed by atoms with E-state index >= 15 is 0 Å². The predicted octanol–water partition coefficient (Wildman–Crippen LogP) is 4.86. The Hall–Kier alpha value is -2.89. The molecule has 1 unspecified atom stereocenters. The summed E-state index contributed by atoms with van der Waals surface area (Å²) in [6, 6.07) is 10.5. The van der Waals surface area contributed by atoms with Gasteiger partial charge in [-0.2, -0.15) is 0 Å². The first-order chi connectivity index (χ1) is 16.5. The van der Waals surface area contributed by atoms with Gasteiger partial charge < -0.3 is 14.4 Å². The maximum absolute atomic E-state index is 13.5. The molecule has 2 fully saturated rings. The molecule has 2 aliphatic heterocycles. The van der Waals surface area contributed by atoms with Crippen molar-refractivity contribution in [3.05, 3.63) is 69.6 Å². The SMILES string of the molecule is CCC(C)n1cc(C(=O)N2CCCCCC2)c(=O)c(C(=O)N2CCC(c3ccccc3)CC2)c1. The molecule has 0 N–H and O–H groups in total. The van der Waals surface area contributed by atoms with Crippen molar-refractivity contribution in [1.82, 2.24) is 14.4 Å². The van der Waals surface area contributed by atoms with Crippen molar-refractivity contribution >= 4 is 11.8 Å². The second-order valence-electron chi connectivity index (χ2n) is 9.80. The fourth-order valence-corrected chi connectivity index (χ4v) is 5.12. The van der Waals surface area contributed by atoms with Crippen LogP contribution in [-0.4, -0.2) is 52.4 Å². The van der Waals surface area contributed by atoms with Gasteiger partial charge in [0.25, 0.3) is 11.8 Å². The number of aromatic nitrogens is 1. The van der Waals surface area contributed by atoms with Crippen LogP contribution < -0.4 is 5.43 Å². The number of carbonyl (C=O) groups is 2. The van der Waals surface area contributed by atoms with Crippen LogP contribution in [0.3, 0.4) is 0 Å². The zero-order chi connectivity index (χ0) is 24.1. The third-order valence-corrected chi connectivity index (χ3v) is 7.55. The minimum Gasteiger partial charge on any atom is -0.350 e. The summed E-state index contributed by atoms with van der Waals surface area (Å²) in [6.07, 6.45) is 10.1. The standard InChI is InChI=1S/C28H37N3O3/c1-3-21(2)31-19-24(27(33)29-15-9-4-5-10-16-29)26(32)25(20-31)28(34)30-17-13-23(14-18-30)22-11-7-6-8-12-22/h6-8,11-12,19-21,23H,3-5,9-10,13-18H2,1-2H3. The van der Waals surface area contributed by atoms with Crippen molar-refractivity contribution in [2.75, 3.05) is 26.2 Å². The normalized spacial score (nSPS) is 18.4. The molecule has 6 nitrogen and oxygen atoms in total. The number of piperidine rings is 1. The molecule has 4 rings (SSSR count). The highest BCUT2D eigenvalue weighted by Gasteiger charge is 2.29. The minimum absolute atomic E-state index is 0.0895. The number of hydrogen-bond acceptors (Lipinski definition) is 3. The molecule has 1 aromatic heterocycles. The second kappa shape index (κ2) is 11.0. The third kappa shape index (κ3) is 5.26. The Morgan fingerprint density at radius 2 is 1.38 bits per heavy atom. The average molecular weight is 464 g/mol. The van der Waals surface area contributed by atoms with E-state index < -0.39 is 5.43 Å². The van der Waals surface area contributed by atoms with Gasteiger partial charge in [0.05, 0.1) is 0 Å². The summed E-state index contributed by atoms with van der Waals surface area (Å²) in [5, 5.41) is 0. The van der Waals surface area contributed by atoms with E-state index in [9.17, 15) is 14.4 Å². The van der Waals surface area contributed by atoms with Crippen molar-refractivity contribution in [3.63, 3.8) is 0 Å². The zero-order valence-corrected chi connectivity index (χ0v) is 20.5. The summed E-state index contributed by atoms with van der Waals surface area (Å²) in [4.78, 5) is 43.9. The first-order valence-electron chi connectivity index (χ1n) is 12.9. The van der Waals surface area contributed by atoms with E-state index in [0.717, 1.165) is 44.9 Å². The number of carbonyl (C=O) groups excluding carboxylic acids is 2. The molecule has 34 heavy (non-hydrogen) atoms. The van der Waals surface area contributed by atoms with Crippen molar-refractivity contribution in [2.24, 2.45) is 0 Å². The van der Waals surface area contributed by atoms with Crippen LogP contribution in [0.25, 0.3) is 0 Å². The lowest BCUT2D eigenvalue weighted by atomic mass is 9.89. The van der Waals surface area contributed by atoms with Crippen LogP contribution in [0.2, 0.25) is 0 Å². The maximum atomic E-state index is 13.5. The van der Waals surface area contributed by atoms with Crippen molar-refractivity contribution in [2.45, 2.75) is 70.8 Å². The molecule has 1 aromatic carbocycles. The number of rotatable bonds is 5. The Morgan fingerprint density at radius 1 is 0.853 bits per heavy atom. The first kappa shape index (κ1) is 24.2. The van der Waals surface area contributed by atoms with E-state index in [0.29, 0.717) is 32.1 Å². The van der Waals surface area contributed by atoms with Gasteiger partial charge in [-0.05, 0) is 50.5 Å². The van der Waals surface area contributed by atoms with Gasteiger partial charge in [0, 0.05) is 44.6 Å². The van der Waals surface area contributed by atoms with Crippen molar-refractivity contribution < 1.29 is 9.59 Å². The summed E-state index contributed by atoms with van der Waals surface area (Å²) < 4.78 is 1.89. The minimum atomic E-state index is -0.427. The zero-order valence-electron chi connectivity index (χ0n) is 20.5. The Morgan fingerprint density at radius 3 is 1.91 bits per heavy atom. The Kier molecular flexibility index (Phi) is 7.86. The van der Waals surface area contributed by atoms with Gasteiger partial charge in [-0.15, -0.1) is 0 Å². The lowest BCUT2D eigenvalue weighted by Gasteiger charge is -2.32. The largest absolute Gasteiger partial charge is 0.350 e. The molecule has 0 saturated carbocycles. The molecule has 3 heterocycles. The van der Waals surface area contributed by atoms with Gasteiger partial charge in [-0.25, -0.2) is 0 Å². The highest BCUT2D eigenvalue weighted by atomic mass is 16.2. The number of amides is 2. The molecular formula is C28H37N3O3. The Bertz CT molecular complexity index is 1050. The number of nitrogens with zero attached hydrogens (tertiary/aromatic N) is 3. The van der Waals surface area contributed by atoms with E-state index in [1.54, 1.807) is 22.2 Å². The van der Waals surface area contributed by atoms with Crippen LogP contribution in [0.1, 0.15) is 97.0 Å². The monoisotopic (exact) mass is 463 g/mol. The fourth-order valence-electron chi connectivity index (χ4n) is 5.12. The van der Waals surface area contributed by atoms with Gasteiger partial charge in [-0.3, -0.25) is 14.4 Å². The quantitative estimate of drug-likeness (QED) is 0.636. The molecule has 2 aliphatic rings. The van der Waals surface area contributed by atoms with Gasteiger partial charge in [0.1, 0.15) is 11.1 Å². The average Bonchev–Trinajstić information content (AvgIpc) is 3.18. The third-order valence-electron chi connectivity index (χ3n) is 7.55. The molecule has 0 radical (unpaired) electrons.